The maximum absolute atomic E-state index is 4.81. The molecule has 1 heterocycles. The average molecular weight is 331 g/mol. The average Bonchev–Trinajstić information content (AvgIpc) is 3.06. The smallest absolute Gasteiger partial charge is 0.191 e. The Hall–Kier alpha value is -1.71. The van der Waals surface area contributed by atoms with E-state index in [2.05, 4.69) is 66.6 Å². The van der Waals surface area contributed by atoms with Gasteiger partial charge in [0.15, 0.2) is 5.96 Å². The minimum Gasteiger partial charge on any atom is -0.371 e. The highest BCUT2D eigenvalue weighted by molar-refractivity contribution is 5.79. The first kappa shape index (κ1) is 18.6. The van der Waals surface area contributed by atoms with Crippen molar-refractivity contribution in [3.8, 4) is 0 Å². The Bertz CT molecular complexity index is 484. The van der Waals surface area contributed by atoms with Crippen molar-refractivity contribution in [2.45, 2.75) is 40.0 Å². The van der Waals surface area contributed by atoms with Crippen LogP contribution in [-0.4, -0.2) is 38.7 Å². The maximum atomic E-state index is 4.81. The van der Waals surface area contributed by atoms with Crippen LogP contribution in [0.2, 0.25) is 0 Å². The molecule has 0 saturated carbocycles. The fourth-order valence-corrected chi connectivity index (χ4v) is 3.13. The predicted molar refractivity (Wildman–Crippen MR) is 105 cm³/mol. The molecule has 1 aromatic carbocycles. The largest absolute Gasteiger partial charge is 0.371 e. The molecular weight excluding hydrogens is 296 g/mol. The summed E-state index contributed by atoms with van der Waals surface area (Å²) < 4.78 is 0. The topological polar surface area (TPSA) is 39.7 Å². The first-order valence-electron chi connectivity index (χ1n) is 9.51. The van der Waals surface area contributed by atoms with Gasteiger partial charge in [0.05, 0.1) is 0 Å². The van der Waals surface area contributed by atoms with E-state index in [-0.39, 0.29) is 0 Å². The number of benzene rings is 1. The number of anilines is 1. The molecule has 1 aliphatic heterocycles. The van der Waals surface area contributed by atoms with Crippen molar-refractivity contribution in [3.05, 3.63) is 30.3 Å². The summed E-state index contributed by atoms with van der Waals surface area (Å²) in [4.78, 5) is 7.28. The van der Waals surface area contributed by atoms with Crippen molar-refractivity contribution in [2.75, 3.05) is 37.6 Å². The molecule has 1 atom stereocenters. The highest BCUT2D eigenvalue weighted by Crippen LogP contribution is 2.23. The zero-order valence-corrected chi connectivity index (χ0v) is 15.6. The summed E-state index contributed by atoms with van der Waals surface area (Å²) in [7, 11) is 0. The molecule has 0 aliphatic carbocycles. The minimum atomic E-state index is 0.649. The van der Waals surface area contributed by atoms with Crippen LogP contribution in [0.25, 0.3) is 0 Å². The van der Waals surface area contributed by atoms with E-state index < -0.39 is 0 Å². The van der Waals surface area contributed by atoms with Crippen LogP contribution in [0.4, 0.5) is 5.69 Å². The van der Waals surface area contributed by atoms with E-state index in [0.29, 0.717) is 5.92 Å². The van der Waals surface area contributed by atoms with E-state index >= 15 is 0 Å². The maximum Gasteiger partial charge on any atom is 0.191 e. The molecule has 2 N–H and O–H groups in total. The number of hydrogen-bond donors (Lipinski definition) is 2. The normalized spacial score (nSPS) is 18.2. The van der Waals surface area contributed by atoms with E-state index in [1.807, 2.05) is 0 Å². The van der Waals surface area contributed by atoms with Crippen molar-refractivity contribution in [2.24, 2.45) is 16.8 Å². The Morgan fingerprint density at radius 2 is 2.04 bits per heavy atom. The second kappa shape index (κ2) is 10.2. The molecule has 0 bridgehead atoms. The third-order valence-corrected chi connectivity index (χ3v) is 4.51. The van der Waals surface area contributed by atoms with Gasteiger partial charge < -0.3 is 15.5 Å². The van der Waals surface area contributed by atoms with Crippen molar-refractivity contribution >= 4 is 11.6 Å². The Kier molecular flexibility index (Phi) is 7.93. The molecule has 2 rings (SSSR count). The van der Waals surface area contributed by atoms with Gasteiger partial charge in [-0.15, -0.1) is 0 Å². The standard InChI is InChI=1S/C20H34N4/c1-4-21-20(22-13-8-9-17(2)3)23-15-18-12-14-24(16-18)19-10-6-5-7-11-19/h5-7,10-11,17-18H,4,8-9,12-16H2,1-3H3,(H2,21,22,23). The lowest BCUT2D eigenvalue weighted by Gasteiger charge is -2.18. The molecule has 0 radical (unpaired) electrons. The lowest BCUT2D eigenvalue weighted by Crippen LogP contribution is -2.38. The molecular formula is C20H34N4. The van der Waals surface area contributed by atoms with Gasteiger partial charge in [0.2, 0.25) is 0 Å². The molecule has 1 unspecified atom stereocenters. The Morgan fingerprint density at radius 3 is 2.75 bits per heavy atom. The monoisotopic (exact) mass is 330 g/mol. The van der Waals surface area contributed by atoms with Crippen LogP contribution in [0.1, 0.15) is 40.0 Å². The van der Waals surface area contributed by atoms with Crippen LogP contribution in [0.5, 0.6) is 0 Å². The van der Waals surface area contributed by atoms with Crippen LogP contribution >= 0.6 is 0 Å². The molecule has 1 aliphatic rings. The van der Waals surface area contributed by atoms with Crippen LogP contribution in [0.15, 0.2) is 35.3 Å². The van der Waals surface area contributed by atoms with Gasteiger partial charge in [-0.1, -0.05) is 32.0 Å². The van der Waals surface area contributed by atoms with Crippen LogP contribution in [-0.2, 0) is 0 Å². The van der Waals surface area contributed by atoms with Crippen molar-refractivity contribution < 1.29 is 0 Å². The minimum absolute atomic E-state index is 0.649. The predicted octanol–water partition coefficient (Wildman–Crippen LogP) is 3.50. The summed E-state index contributed by atoms with van der Waals surface area (Å²) >= 11 is 0. The molecule has 1 saturated heterocycles. The van der Waals surface area contributed by atoms with Gasteiger partial charge in [-0.3, -0.25) is 4.99 Å². The summed E-state index contributed by atoms with van der Waals surface area (Å²) in [6.07, 6.45) is 3.69. The lowest BCUT2D eigenvalue weighted by molar-refractivity contribution is 0.548. The molecule has 4 nitrogen and oxygen atoms in total. The zero-order valence-electron chi connectivity index (χ0n) is 15.6. The second-order valence-electron chi connectivity index (χ2n) is 7.12. The molecule has 0 aromatic heterocycles. The van der Waals surface area contributed by atoms with Gasteiger partial charge in [0, 0.05) is 38.4 Å². The summed E-state index contributed by atoms with van der Waals surface area (Å²) in [5, 5.41) is 6.83. The van der Waals surface area contributed by atoms with Gasteiger partial charge >= 0.3 is 0 Å². The molecule has 4 heteroatoms. The van der Waals surface area contributed by atoms with Gasteiger partial charge in [-0.25, -0.2) is 0 Å². The van der Waals surface area contributed by atoms with Gasteiger partial charge in [-0.05, 0) is 50.2 Å². The third-order valence-electron chi connectivity index (χ3n) is 4.51. The fraction of sp³-hybridized carbons (Fsp3) is 0.650. The van der Waals surface area contributed by atoms with Crippen molar-refractivity contribution in [1.29, 1.82) is 0 Å². The Balaban J connectivity index is 1.77. The highest BCUT2D eigenvalue weighted by Gasteiger charge is 2.22. The van der Waals surface area contributed by atoms with E-state index in [4.69, 9.17) is 4.99 Å². The molecule has 1 aromatic rings. The first-order valence-corrected chi connectivity index (χ1v) is 9.51. The number of nitrogens with one attached hydrogen (secondary N) is 2. The molecule has 0 amide bonds. The molecule has 134 valence electrons. The van der Waals surface area contributed by atoms with Crippen LogP contribution in [0, 0.1) is 11.8 Å². The SMILES string of the molecule is CCNC(=NCC1CCN(c2ccccc2)C1)NCCCC(C)C. The highest BCUT2D eigenvalue weighted by atomic mass is 15.2. The molecule has 24 heavy (non-hydrogen) atoms. The Morgan fingerprint density at radius 1 is 1.25 bits per heavy atom. The third kappa shape index (κ3) is 6.42. The Labute approximate surface area is 147 Å². The van der Waals surface area contributed by atoms with E-state index in [1.165, 1.54) is 24.9 Å². The summed E-state index contributed by atoms with van der Waals surface area (Å²) in [6.45, 7) is 11.8. The van der Waals surface area contributed by atoms with Gasteiger partial charge in [-0.2, -0.15) is 0 Å². The number of rotatable bonds is 8. The quantitative estimate of drug-likeness (QED) is 0.435. The van der Waals surface area contributed by atoms with Crippen molar-refractivity contribution in [1.82, 2.24) is 10.6 Å². The number of guanidine groups is 1. The number of hydrogen-bond acceptors (Lipinski definition) is 2. The summed E-state index contributed by atoms with van der Waals surface area (Å²) in [5.74, 6) is 2.39. The van der Waals surface area contributed by atoms with Crippen molar-refractivity contribution in [3.63, 3.8) is 0 Å². The molecule has 1 fully saturated rings. The van der Waals surface area contributed by atoms with E-state index in [0.717, 1.165) is 44.6 Å². The van der Waals surface area contributed by atoms with Gasteiger partial charge in [0.1, 0.15) is 0 Å². The molecule has 0 spiro atoms. The fourth-order valence-electron chi connectivity index (χ4n) is 3.13. The summed E-state index contributed by atoms with van der Waals surface area (Å²) in [5.41, 5.74) is 1.34. The second-order valence-corrected chi connectivity index (χ2v) is 7.12. The number of aliphatic imine (C=N–C) groups is 1. The number of para-hydroxylation sites is 1. The number of nitrogens with zero attached hydrogens (tertiary/aromatic N) is 2. The zero-order chi connectivity index (χ0) is 17.2. The van der Waals surface area contributed by atoms with E-state index in [9.17, 15) is 0 Å². The van der Waals surface area contributed by atoms with Crippen LogP contribution in [0.3, 0.4) is 0 Å². The van der Waals surface area contributed by atoms with Crippen LogP contribution < -0.4 is 15.5 Å². The van der Waals surface area contributed by atoms with E-state index in [1.54, 1.807) is 0 Å². The summed E-state index contributed by atoms with van der Waals surface area (Å²) in [6, 6.07) is 10.7. The lowest BCUT2D eigenvalue weighted by atomic mass is 10.1. The first-order chi connectivity index (χ1) is 11.7. The van der Waals surface area contributed by atoms with Gasteiger partial charge in [0.25, 0.3) is 0 Å².